The van der Waals surface area contributed by atoms with Crippen molar-refractivity contribution in [1.82, 2.24) is 0 Å². The van der Waals surface area contributed by atoms with Gasteiger partial charge in [0.2, 0.25) is 0 Å². The van der Waals surface area contributed by atoms with Crippen molar-refractivity contribution in [2.24, 2.45) is 0 Å². The molecular weight excluding hydrogens is 522 g/mol. The molecule has 0 N–H and O–H groups in total. The summed E-state index contributed by atoms with van der Waals surface area (Å²) in [5.74, 6) is 0. The summed E-state index contributed by atoms with van der Waals surface area (Å²) < 4.78 is 0. The zero-order chi connectivity index (χ0) is 14.9. The van der Waals surface area contributed by atoms with Crippen LogP contribution in [-0.2, 0) is 0 Å². The first-order chi connectivity index (χ1) is 9.51. The van der Waals surface area contributed by atoms with Gasteiger partial charge in [-0.3, -0.25) is 0 Å². The fourth-order valence-corrected chi connectivity index (χ4v) is 3.26. The summed E-state index contributed by atoms with van der Waals surface area (Å²) in [7, 11) is 5.45. The Kier molecular flexibility index (Phi) is 34.6. The summed E-state index contributed by atoms with van der Waals surface area (Å²) in [6.07, 6.45) is 0. The predicted molar refractivity (Wildman–Crippen MR) is 92.6 cm³/mol. The molecule has 0 aliphatic rings. The van der Waals surface area contributed by atoms with Gasteiger partial charge in [-0.2, -0.15) is 0 Å². The van der Waals surface area contributed by atoms with Crippen LogP contribution in [0.25, 0.3) is 20.8 Å². The van der Waals surface area contributed by atoms with E-state index in [0.29, 0.717) is 11.4 Å². The van der Waals surface area contributed by atoms with E-state index in [2.05, 4.69) is 28.2 Å². The van der Waals surface area contributed by atoms with Gasteiger partial charge in [-0.25, -0.2) is 9.69 Å². The van der Waals surface area contributed by atoms with Gasteiger partial charge in [-0.05, 0) is 46.7 Å². The third kappa shape index (κ3) is 10.8. The molecule has 0 aliphatic heterocycles. The molecule has 0 aliphatic carbocycles. The average molecular weight is 536 g/mol. The molecular formula is C16H14Ar6N2P2. The standard InChI is InChI=1S/C16H14N2P2.6Ar/c1-9-11(17-3)5-7-13(19)15(9)16-10(2)12(18-4)6-8-14(16)20;;;;;;/h5-8H,19-20H2,1-2H3;;;;;;. The van der Waals surface area contributed by atoms with E-state index >= 15 is 0 Å². The molecule has 0 fully saturated rings. The van der Waals surface area contributed by atoms with E-state index in [-0.39, 0.29) is 226 Å². The maximum Gasteiger partial charge on any atom is 0.190 e. The molecule has 0 saturated carbocycles. The van der Waals surface area contributed by atoms with Crippen LogP contribution in [0.2, 0.25) is 0 Å². The van der Waals surface area contributed by atoms with Crippen LogP contribution in [0.4, 0.5) is 11.4 Å². The minimum Gasteiger partial charge on any atom is -0.238 e. The summed E-state index contributed by atoms with van der Waals surface area (Å²) in [6.45, 7) is 18.5. The molecule has 2 aromatic carbocycles. The Labute approximate surface area is 341 Å². The molecule has 0 aromatic heterocycles. The third-order valence-corrected chi connectivity index (χ3v) is 4.39. The zero-order valence-corrected chi connectivity index (χ0v) is 20.0. The van der Waals surface area contributed by atoms with Gasteiger partial charge < -0.3 is 0 Å². The van der Waals surface area contributed by atoms with Crippen LogP contribution in [0, 0.1) is 253 Å². The first-order valence-corrected chi connectivity index (χ1v) is 7.20. The Bertz CT molecular complexity index is 733. The Morgan fingerprint density at radius 3 is 1.12 bits per heavy atom. The summed E-state index contributed by atoms with van der Waals surface area (Å²) in [4.78, 5) is 7.15. The van der Waals surface area contributed by atoms with Crippen molar-refractivity contribution < 1.29 is 226 Å². The molecule has 2 atom stereocenters. The monoisotopic (exact) mass is 536 g/mol. The topological polar surface area (TPSA) is 8.72 Å². The second-order valence-corrected chi connectivity index (χ2v) is 5.82. The Morgan fingerprint density at radius 2 is 0.885 bits per heavy atom. The number of benzene rings is 2. The summed E-state index contributed by atoms with van der Waals surface area (Å²) >= 11 is 0. The molecule has 26 heavy (non-hydrogen) atoms. The van der Waals surface area contributed by atoms with E-state index in [1.807, 2.05) is 38.1 Å². The van der Waals surface area contributed by atoms with Gasteiger partial charge in [-0.15, -0.1) is 18.5 Å². The fraction of sp³-hybridized carbons (Fsp3) is 0.125. The van der Waals surface area contributed by atoms with E-state index in [1.165, 1.54) is 0 Å². The molecule has 0 spiro atoms. The van der Waals surface area contributed by atoms with Crippen LogP contribution in [0.1, 0.15) is 11.1 Å². The van der Waals surface area contributed by atoms with Crippen LogP contribution in [0.5, 0.6) is 0 Å². The van der Waals surface area contributed by atoms with Crippen molar-refractivity contribution in [2.75, 3.05) is 0 Å². The fourth-order valence-electron chi connectivity index (χ4n) is 2.35. The van der Waals surface area contributed by atoms with Gasteiger partial charge in [0.05, 0.1) is 13.1 Å². The Balaban J connectivity index is -0.000000245. The van der Waals surface area contributed by atoms with Crippen LogP contribution in [0.15, 0.2) is 24.3 Å². The molecule has 146 valence electrons. The van der Waals surface area contributed by atoms with Crippen molar-refractivity contribution >= 4 is 40.5 Å². The molecule has 0 radical (unpaired) electrons. The molecule has 0 amide bonds. The number of hydrogen-bond acceptors (Lipinski definition) is 0. The summed E-state index contributed by atoms with van der Waals surface area (Å²) in [5.41, 5.74) is 5.31. The van der Waals surface area contributed by atoms with E-state index in [9.17, 15) is 0 Å². The van der Waals surface area contributed by atoms with E-state index in [0.717, 1.165) is 32.9 Å². The van der Waals surface area contributed by atoms with Crippen molar-refractivity contribution in [3.8, 4) is 11.1 Å². The van der Waals surface area contributed by atoms with E-state index in [1.54, 1.807) is 0 Å². The molecule has 0 heterocycles. The van der Waals surface area contributed by atoms with Gasteiger partial charge in [0.25, 0.3) is 0 Å². The number of hydrogen-bond donors (Lipinski definition) is 0. The van der Waals surface area contributed by atoms with Crippen molar-refractivity contribution in [1.29, 1.82) is 0 Å². The van der Waals surface area contributed by atoms with Crippen LogP contribution < -0.4 is 10.6 Å². The van der Waals surface area contributed by atoms with Gasteiger partial charge in [0.15, 0.2) is 11.4 Å². The van der Waals surface area contributed by atoms with Gasteiger partial charge in [0, 0.05) is 226 Å². The van der Waals surface area contributed by atoms with Crippen LogP contribution in [0.3, 0.4) is 0 Å². The minimum atomic E-state index is 0. The molecule has 2 nitrogen and oxygen atoms in total. The van der Waals surface area contributed by atoms with Gasteiger partial charge >= 0.3 is 0 Å². The second-order valence-electron chi connectivity index (χ2n) is 4.57. The zero-order valence-electron chi connectivity index (χ0n) is 13.5. The Hall–Kier alpha value is 5.84. The second kappa shape index (κ2) is 21.4. The van der Waals surface area contributed by atoms with Gasteiger partial charge in [-0.1, -0.05) is 24.3 Å². The predicted octanol–water partition coefficient (Wildman–Crippen LogP) is 4.07. The molecule has 10 heteroatoms. The SMILES string of the molecule is [Ar].[Ar].[Ar].[Ar].[Ar].[Ar].[C-]#[N+]c1ccc(P)c(-c2c(P)ccc([N+]#[C-])c2C)c1C. The van der Waals surface area contributed by atoms with Gasteiger partial charge in [0.1, 0.15) is 0 Å². The largest absolute Gasteiger partial charge is 0.238 e. The summed E-state index contributed by atoms with van der Waals surface area (Å²) in [5, 5.41) is 2.09. The minimum absolute atomic E-state index is 0. The number of rotatable bonds is 1. The molecule has 2 unspecified atom stereocenters. The quantitative estimate of drug-likeness (QED) is 0.384. The van der Waals surface area contributed by atoms with Crippen molar-refractivity contribution in [2.45, 2.75) is 13.8 Å². The maximum atomic E-state index is 7.26. The summed E-state index contributed by atoms with van der Waals surface area (Å²) in [6, 6.07) is 7.55. The molecule has 2 rings (SSSR count). The smallest absolute Gasteiger partial charge is 0.190 e. The van der Waals surface area contributed by atoms with E-state index in [4.69, 9.17) is 13.1 Å². The Morgan fingerprint density at radius 1 is 0.615 bits per heavy atom. The van der Waals surface area contributed by atoms with Crippen LogP contribution >= 0.6 is 18.5 Å². The molecule has 2 aromatic rings. The van der Waals surface area contributed by atoms with Crippen LogP contribution in [-0.4, -0.2) is 0 Å². The first kappa shape index (κ1) is 42.0. The first-order valence-electron chi connectivity index (χ1n) is 6.04. The third-order valence-electron chi connectivity index (χ3n) is 3.43. The van der Waals surface area contributed by atoms with E-state index < -0.39 is 0 Å². The average Bonchev–Trinajstić information content (AvgIpc) is 2.42. The molecule has 0 bridgehead atoms. The normalized spacial score (nSPS) is 7.62. The number of nitrogens with zero attached hydrogens (tertiary/aromatic N) is 2. The molecule has 0 saturated heterocycles. The van der Waals surface area contributed by atoms with Crippen molar-refractivity contribution in [3.63, 3.8) is 0 Å². The van der Waals surface area contributed by atoms with Crippen molar-refractivity contribution in [3.05, 3.63) is 58.2 Å². The maximum absolute atomic E-state index is 7.26.